The van der Waals surface area contributed by atoms with Gasteiger partial charge in [0.15, 0.2) is 21.7 Å². The molecule has 0 saturated carbocycles. The van der Waals surface area contributed by atoms with Crippen LogP contribution in [0.25, 0.3) is 98.6 Å². The summed E-state index contributed by atoms with van der Waals surface area (Å²) >= 11 is 0. The Kier molecular flexibility index (Phi) is 5.78. The zero-order valence-corrected chi connectivity index (χ0v) is 28.2. The van der Waals surface area contributed by atoms with Crippen LogP contribution in [0.5, 0.6) is 0 Å². The third-order valence-electron chi connectivity index (χ3n) is 10.9. The number of rotatable bonds is 2. The molecule has 5 aromatic heterocycles. The van der Waals surface area contributed by atoms with Crippen molar-refractivity contribution in [3.05, 3.63) is 180 Å². The van der Waals surface area contributed by atoms with Gasteiger partial charge in [-0.15, -0.1) is 0 Å². The summed E-state index contributed by atoms with van der Waals surface area (Å²) in [7, 11) is 0. The molecule has 0 atom stereocenters. The number of nitrogens with zero attached hydrogens (tertiary/aromatic N) is 3. The van der Waals surface area contributed by atoms with Gasteiger partial charge in [0.1, 0.15) is 0 Å². The second-order valence-electron chi connectivity index (χ2n) is 13.7. The van der Waals surface area contributed by atoms with Gasteiger partial charge in [-0.2, -0.15) is 0 Å². The van der Waals surface area contributed by atoms with Crippen LogP contribution in [0.2, 0.25) is 0 Å². The van der Waals surface area contributed by atoms with E-state index >= 15 is 0 Å². The molecule has 0 radical (unpaired) electrons. The molecule has 0 bridgehead atoms. The maximum atomic E-state index is 14.2. The van der Waals surface area contributed by atoms with Gasteiger partial charge in [0.05, 0.1) is 38.8 Å². The van der Waals surface area contributed by atoms with Crippen LogP contribution in [0.4, 0.5) is 0 Å². The Labute approximate surface area is 298 Å². The number of para-hydroxylation sites is 4. The van der Waals surface area contributed by atoms with E-state index in [1.54, 1.807) is 36.4 Å². The van der Waals surface area contributed by atoms with Crippen LogP contribution in [0.15, 0.2) is 153 Å². The zero-order chi connectivity index (χ0) is 35.7. The number of hydrogen-bond acceptors (Lipinski definition) is 5. The van der Waals surface area contributed by atoms with Crippen LogP contribution in [-0.2, 0) is 0 Å². The summed E-state index contributed by atoms with van der Waals surface area (Å²) in [6.45, 7) is 1.93. The summed E-state index contributed by atoms with van der Waals surface area (Å²) in [4.78, 5) is 60.5. The summed E-state index contributed by atoms with van der Waals surface area (Å²) in [5.74, 6) is 0. The minimum atomic E-state index is -0.158. The molecule has 5 heterocycles. The Morgan fingerprint density at radius 1 is 0.396 bits per heavy atom. The fraction of sp³-hybridized carbons (Fsp3) is 0.0217. The molecule has 0 aliphatic rings. The van der Waals surface area contributed by atoms with Crippen LogP contribution in [-0.4, -0.2) is 13.8 Å². The molecule has 0 N–H and O–H groups in total. The van der Waals surface area contributed by atoms with Crippen molar-refractivity contribution in [3.8, 4) is 22.4 Å². The normalized spacial score (nSPS) is 12.2. The lowest BCUT2D eigenvalue weighted by Gasteiger charge is -2.17. The first kappa shape index (κ1) is 29.5. The van der Waals surface area contributed by atoms with Gasteiger partial charge in [0.25, 0.3) is 0 Å². The Hall–Kier alpha value is -7.25. The van der Waals surface area contributed by atoms with Gasteiger partial charge in [-0.05, 0) is 91.3 Å². The van der Waals surface area contributed by atoms with Crippen LogP contribution in [0.1, 0.15) is 5.69 Å². The summed E-state index contributed by atoms with van der Waals surface area (Å²) in [5.41, 5.74) is 7.44. The van der Waals surface area contributed by atoms with Crippen LogP contribution >= 0.6 is 0 Å². The summed E-state index contributed by atoms with van der Waals surface area (Å²) < 4.78 is 4.05. The largest absolute Gasteiger partial charge is 0.308 e. The smallest absolute Gasteiger partial charge is 0.197 e. The van der Waals surface area contributed by atoms with E-state index in [0.717, 1.165) is 33.4 Å². The summed E-state index contributed by atoms with van der Waals surface area (Å²) in [6.07, 6.45) is 0. The quantitative estimate of drug-likeness (QED) is 0.135. The van der Waals surface area contributed by atoms with Gasteiger partial charge in [0.2, 0.25) is 0 Å². The molecule has 0 aliphatic carbocycles. The lowest BCUT2D eigenvalue weighted by atomic mass is 9.95. The monoisotopic (exact) mass is 683 g/mol. The van der Waals surface area contributed by atoms with Crippen LogP contribution < -0.4 is 21.7 Å². The van der Waals surface area contributed by atoms with Crippen molar-refractivity contribution in [3.63, 3.8) is 0 Å². The molecule has 0 unspecified atom stereocenters. The molecular formula is C46H25N3O4. The summed E-state index contributed by atoms with van der Waals surface area (Å²) in [6, 6.07) is 41.2. The van der Waals surface area contributed by atoms with E-state index in [0.29, 0.717) is 70.9 Å². The van der Waals surface area contributed by atoms with Crippen molar-refractivity contribution in [2.75, 3.05) is 0 Å². The predicted octanol–water partition coefficient (Wildman–Crippen LogP) is 8.47. The molecule has 248 valence electrons. The van der Waals surface area contributed by atoms with E-state index in [1.165, 1.54) is 0 Å². The molecule has 7 nitrogen and oxygen atoms in total. The van der Waals surface area contributed by atoms with Crippen molar-refractivity contribution in [1.29, 1.82) is 0 Å². The lowest BCUT2D eigenvalue weighted by molar-refractivity contribution is 1.21. The minimum Gasteiger partial charge on any atom is -0.308 e. The number of aryl methyl sites for hydroxylation is 1. The highest BCUT2D eigenvalue weighted by atomic mass is 16.1. The molecule has 0 saturated heterocycles. The Bertz CT molecular complexity index is 3680. The Morgan fingerprint density at radius 3 is 1.34 bits per heavy atom. The van der Waals surface area contributed by atoms with Gasteiger partial charge in [-0.25, -0.2) is 0 Å². The van der Waals surface area contributed by atoms with Gasteiger partial charge in [-0.3, -0.25) is 24.2 Å². The van der Waals surface area contributed by atoms with E-state index in [4.69, 9.17) is 4.98 Å². The van der Waals surface area contributed by atoms with Gasteiger partial charge < -0.3 is 8.80 Å². The first-order valence-electron chi connectivity index (χ1n) is 17.4. The van der Waals surface area contributed by atoms with E-state index in [9.17, 15) is 19.2 Å². The fourth-order valence-electron chi connectivity index (χ4n) is 8.50. The Balaban J connectivity index is 1.19. The lowest BCUT2D eigenvalue weighted by Crippen LogP contribution is -2.14. The average Bonchev–Trinajstić information content (AvgIpc) is 3.20. The van der Waals surface area contributed by atoms with Gasteiger partial charge >= 0.3 is 0 Å². The van der Waals surface area contributed by atoms with E-state index in [2.05, 4.69) is 0 Å². The maximum Gasteiger partial charge on any atom is 0.197 e. The fourth-order valence-corrected chi connectivity index (χ4v) is 8.50. The van der Waals surface area contributed by atoms with E-state index in [-0.39, 0.29) is 21.7 Å². The molecule has 0 aliphatic heterocycles. The first-order chi connectivity index (χ1) is 25.9. The van der Waals surface area contributed by atoms with Crippen molar-refractivity contribution < 1.29 is 0 Å². The highest BCUT2D eigenvalue weighted by Gasteiger charge is 2.21. The number of hydrogen-bond donors (Lipinski definition) is 0. The number of benzene rings is 6. The van der Waals surface area contributed by atoms with E-state index in [1.807, 2.05) is 113 Å². The van der Waals surface area contributed by atoms with Crippen molar-refractivity contribution in [2.45, 2.75) is 6.92 Å². The van der Waals surface area contributed by atoms with Crippen molar-refractivity contribution in [2.24, 2.45) is 0 Å². The minimum absolute atomic E-state index is 0.0950. The molecule has 53 heavy (non-hydrogen) atoms. The molecule has 7 heteroatoms. The Morgan fingerprint density at radius 2 is 0.811 bits per heavy atom. The number of fused-ring (bicyclic) bond motifs is 8. The second kappa shape index (κ2) is 10.4. The van der Waals surface area contributed by atoms with Crippen LogP contribution in [0, 0.1) is 6.92 Å². The highest BCUT2D eigenvalue weighted by Crippen LogP contribution is 2.36. The van der Waals surface area contributed by atoms with Gasteiger partial charge in [-0.1, -0.05) is 54.6 Å². The highest BCUT2D eigenvalue weighted by molar-refractivity contribution is 6.10. The number of pyridine rings is 5. The SMILES string of the molecule is Cc1ccc(-c2ccc3c(c2)c(=O)c2cccc4c(=O)c5ccccc5n3c42)c(-c2ccc3c(c2)c(=O)c2cccc4c(=O)c5ccccc5n3c42)n1. The molecule has 11 aromatic rings. The molecule has 0 amide bonds. The zero-order valence-electron chi connectivity index (χ0n) is 28.2. The molecule has 6 aromatic carbocycles. The van der Waals surface area contributed by atoms with Crippen molar-refractivity contribution in [1.82, 2.24) is 13.8 Å². The van der Waals surface area contributed by atoms with Crippen LogP contribution in [0.3, 0.4) is 0 Å². The van der Waals surface area contributed by atoms with Gasteiger partial charge in [0, 0.05) is 59.9 Å². The first-order valence-corrected chi connectivity index (χ1v) is 17.4. The summed E-state index contributed by atoms with van der Waals surface area (Å²) in [5, 5.41) is 4.18. The third-order valence-corrected chi connectivity index (χ3v) is 10.9. The predicted molar refractivity (Wildman–Crippen MR) is 214 cm³/mol. The number of aromatic nitrogens is 3. The molecule has 11 rings (SSSR count). The standard InChI is InChI=1S/C46H25N3O4/c1-24-16-19-27(25-17-20-38-34(22-25)45(52)32-12-6-10-30-41(32)48(38)36-14-4-2-8-28(36)43(30)50)40(47-24)26-18-21-39-35(23-26)46(53)33-13-7-11-31-42(33)49(39)37-15-5-3-9-29(37)44(31)51/h2-23H,1H3. The topological polar surface area (TPSA) is 90.0 Å². The maximum absolute atomic E-state index is 14.2. The third kappa shape index (κ3) is 3.85. The average molecular weight is 684 g/mol. The van der Waals surface area contributed by atoms with Crippen molar-refractivity contribution >= 4 is 76.2 Å². The second-order valence-corrected chi connectivity index (χ2v) is 13.7. The van der Waals surface area contributed by atoms with E-state index < -0.39 is 0 Å². The molecular weight excluding hydrogens is 659 g/mol. The molecule has 0 fully saturated rings. The molecule has 0 spiro atoms.